The van der Waals surface area contributed by atoms with Gasteiger partial charge in [0.1, 0.15) is 21.8 Å². The lowest BCUT2D eigenvalue weighted by molar-refractivity contribution is -0.384. The van der Waals surface area contributed by atoms with Crippen LogP contribution in [0, 0.1) is 10.1 Å². The number of nitro groups is 1. The van der Waals surface area contributed by atoms with Crippen LogP contribution in [0.2, 0.25) is 5.02 Å². The predicted molar refractivity (Wildman–Crippen MR) is 130 cm³/mol. The molecule has 34 heavy (non-hydrogen) atoms. The molecule has 2 aromatic carbocycles. The van der Waals surface area contributed by atoms with E-state index in [1.165, 1.54) is 18.3 Å². The molecule has 2 amide bonds. The molecule has 1 aliphatic heterocycles. The van der Waals surface area contributed by atoms with E-state index in [0.29, 0.717) is 22.8 Å². The number of nitrogens with one attached hydrogen (secondary N) is 2. The fourth-order valence-corrected chi connectivity index (χ4v) is 4.12. The molecule has 10 nitrogen and oxygen atoms in total. The number of carbonyl (C=O) groups excluding carboxylic acids is 2. The second kappa shape index (κ2) is 10.3. The Bertz CT molecular complexity index is 1310. The van der Waals surface area contributed by atoms with Crippen LogP contribution in [0.25, 0.3) is 11.3 Å². The first-order chi connectivity index (χ1) is 16.4. The predicted octanol–water partition coefficient (Wildman–Crippen LogP) is 4.46. The standard InChI is InChI=1S/C22H16ClN5O5S/c23-16-8-6-13(10-17(16)28(31)32)18-9-7-15(33-18)12-24-27-22-26-21(30)19(34-22)11-20(29)25-14-4-2-1-3-5-14/h1-10,12,19H,11H2,(H,25,29)(H,26,27,30)/b24-12-/t19-/m1/s1. The normalized spacial score (nSPS) is 16.7. The Balaban J connectivity index is 1.36. The van der Waals surface area contributed by atoms with Crippen molar-refractivity contribution in [2.24, 2.45) is 10.2 Å². The highest BCUT2D eigenvalue weighted by molar-refractivity contribution is 8.15. The summed E-state index contributed by atoms with van der Waals surface area (Å²) in [6, 6.07) is 16.6. The number of thioether (sulfide) groups is 1. The number of nitro benzene ring substituents is 1. The SMILES string of the molecule is O=C(C[C@H]1S/C(=N\N=C/c2ccc(-c3ccc(Cl)c([N+](=O)[O-])c3)o2)NC1=O)Nc1ccccc1. The van der Waals surface area contributed by atoms with Gasteiger partial charge >= 0.3 is 0 Å². The Labute approximate surface area is 202 Å². The molecule has 0 bridgehead atoms. The maximum atomic E-state index is 12.2. The van der Waals surface area contributed by atoms with Crippen molar-refractivity contribution in [2.75, 3.05) is 5.32 Å². The number of rotatable bonds is 7. The molecule has 0 unspecified atom stereocenters. The maximum absolute atomic E-state index is 12.2. The summed E-state index contributed by atoms with van der Waals surface area (Å²) in [7, 11) is 0. The van der Waals surface area contributed by atoms with Crippen molar-refractivity contribution in [3.63, 3.8) is 0 Å². The summed E-state index contributed by atoms with van der Waals surface area (Å²) in [6.07, 6.45) is 1.33. The number of furan rings is 1. The fourth-order valence-electron chi connectivity index (χ4n) is 3.01. The molecule has 2 heterocycles. The summed E-state index contributed by atoms with van der Waals surface area (Å²) < 4.78 is 5.63. The Hall–Kier alpha value is -3.96. The quantitative estimate of drug-likeness (QED) is 0.280. The molecular weight excluding hydrogens is 482 g/mol. The van der Waals surface area contributed by atoms with E-state index in [1.54, 1.807) is 42.5 Å². The van der Waals surface area contributed by atoms with Crippen LogP contribution in [0.4, 0.5) is 11.4 Å². The Kier molecular flexibility index (Phi) is 7.04. The van der Waals surface area contributed by atoms with Gasteiger partial charge in [-0.15, -0.1) is 5.10 Å². The van der Waals surface area contributed by atoms with Crippen LogP contribution in [-0.4, -0.2) is 33.4 Å². The van der Waals surface area contributed by atoms with E-state index in [2.05, 4.69) is 20.8 Å². The highest BCUT2D eigenvalue weighted by Crippen LogP contribution is 2.31. The average molecular weight is 498 g/mol. The number of nitrogens with zero attached hydrogens (tertiary/aromatic N) is 3. The number of para-hydroxylation sites is 1. The molecule has 1 saturated heterocycles. The summed E-state index contributed by atoms with van der Waals surface area (Å²) in [5, 5.41) is 23.9. The van der Waals surface area contributed by atoms with E-state index >= 15 is 0 Å². The van der Waals surface area contributed by atoms with Gasteiger partial charge < -0.3 is 15.1 Å². The first-order valence-electron chi connectivity index (χ1n) is 9.86. The van der Waals surface area contributed by atoms with E-state index in [4.69, 9.17) is 16.0 Å². The summed E-state index contributed by atoms with van der Waals surface area (Å²) >= 11 is 6.95. The number of hydrogen-bond donors (Lipinski definition) is 2. The van der Waals surface area contributed by atoms with Gasteiger partial charge in [-0.25, -0.2) is 0 Å². The van der Waals surface area contributed by atoms with Gasteiger partial charge in [0.2, 0.25) is 11.8 Å². The molecule has 3 aromatic rings. The first-order valence-corrected chi connectivity index (χ1v) is 11.1. The second-order valence-electron chi connectivity index (χ2n) is 6.99. The molecule has 2 N–H and O–H groups in total. The van der Waals surface area contributed by atoms with Crippen molar-refractivity contribution in [1.29, 1.82) is 0 Å². The van der Waals surface area contributed by atoms with Crippen molar-refractivity contribution >= 4 is 57.9 Å². The van der Waals surface area contributed by atoms with Gasteiger partial charge in [0.25, 0.3) is 5.69 Å². The highest BCUT2D eigenvalue weighted by Gasteiger charge is 2.32. The number of amides is 2. The van der Waals surface area contributed by atoms with Gasteiger partial charge in [0.15, 0.2) is 5.17 Å². The molecule has 1 atom stereocenters. The van der Waals surface area contributed by atoms with Gasteiger partial charge in [-0.3, -0.25) is 19.7 Å². The summed E-state index contributed by atoms with van der Waals surface area (Å²) in [4.78, 5) is 34.8. The molecule has 12 heteroatoms. The molecule has 1 aromatic heterocycles. The lowest BCUT2D eigenvalue weighted by Gasteiger charge is -2.06. The molecule has 0 radical (unpaired) electrons. The largest absolute Gasteiger partial charge is 0.455 e. The third-order valence-electron chi connectivity index (χ3n) is 4.59. The summed E-state index contributed by atoms with van der Waals surface area (Å²) in [5.41, 5.74) is 0.913. The molecule has 172 valence electrons. The first kappa shape index (κ1) is 23.2. The van der Waals surface area contributed by atoms with Crippen molar-refractivity contribution < 1.29 is 18.9 Å². The fraction of sp³-hybridized carbons (Fsp3) is 0.0909. The highest BCUT2D eigenvalue weighted by atomic mass is 35.5. The van der Waals surface area contributed by atoms with E-state index in [9.17, 15) is 19.7 Å². The number of carbonyl (C=O) groups is 2. The smallest absolute Gasteiger partial charge is 0.288 e. The van der Waals surface area contributed by atoms with Gasteiger partial charge in [-0.05, 0) is 36.4 Å². The van der Waals surface area contributed by atoms with E-state index in [0.717, 1.165) is 11.8 Å². The zero-order valence-corrected chi connectivity index (χ0v) is 18.9. The summed E-state index contributed by atoms with van der Waals surface area (Å²) in [6.45, 7) is 0. The topological polar surface area (TPSA) is 139 Å². The number of halogens is 1. The van der Waals surface area contributed by atoms with Crippen LogP contribution in [0.15, 0.2) is 75.3 Å². The van der Waals surface area contributed by atoms with Crippen LogP contribution in [0.3, 0.4) is 0 Å². The van der Waals surface area contributed by atoms with E-state index < -0.39 is 10.2 Å². The molecule has 4 rings (SSSR count). The monoisotopic (exact) mass is 497 g/mol. The van der Waals surface area contributed by atoms with Crippen LogP contribution in [-0.2, 0) is 9.59 Å². The zero-order valence-electron chi connectivity index (χ0n) is 17.3. The Morgan fingerprint density at radius 3 is 2.79 bits per heavy atom. The van der Waals surface area contributed by atoms with Crippen LogP contribution in [0.5, 0.6) is 0 Å². The van der Waals surface area contributed by atoms with Crippen LogP contribution in [0.1, 0.15) is 12.2 Å². The minimum atomic E-state index is -0.617. The van der Waals surface area contributed by atoms with Gasteiger partial charge in [-0.1, -0.05) is 41.6 Å². The second-order valence-corrected chi connectivity index (χ2v) is 8.59. The lowest BCUT2D eigenvalue weighted by Crippen LogP contribution is -2.28. The minimum absolute atomic E-state index is 0.0110. The molecule has 1 aliphatic rings. The third-order valence-corrected chi connectivity index (χ3v) is 5.98. The van der Waals surface area contributed by atoms with E-state index in [1.807, 2.05) is 6.07 Å². The summed E-state index contributed by atoms with van der Waals surface area (Å²) in [5.74, 6) is 0.132. The number of anilines is 1. The van der Waals surface area contributed by atoms with Gasteiger partial charge in [-0.2, -0.15) is 5.10 Å². The molecule has 1 fully saturated rings. The Morgan fingerprint density at radius 1 is 1.24 bits per heavy atom. The molecular formula is C22H16ClN5O5S. The zero-order chi connectivity index (χ0) is 24.1. The molecule has 0 spiro atoms. The maximum Gasteiger partial charge on any atom is 0.288 e. The lowest BCUT2D eigenvalue weighted by atomic mass is 10.1. The number of hydrogen-bond acceptors (Lipinski definition) is 8. The van der Waals surface area contributed by atoms with Crippen LogP contribution < -0.4 is 10.6 Å². The van der Waals surface area contributed by atoms with Crippen molar-refractivity contribution in [2.45, 2.75) is 11.7 Å². The average Bonchev–Trinajstić information content (AvgIpc) is 3.41. The number of benzene rings is 2. The molecule has 0 saturated carbocycles. The van der Waals surface area contributed by atoms with Crippen molar-refractivity contribution in [1.82, 2.24) is 5.32 Å². The number of amidine groups is 1. The third kappa shape index (κ3) is 5.69. The van der Waals surface area contributed by atoms with Gasteiger partial charge in [0.05, 0.1) is 11.1 Å². The van der Waals surface area contributed by atoms with E-state index in [-0.39, 0.29) is 34.1 Å². The molecule has 0 aliphatic carbocycles. The Morgan fingerprint density at radius 2 is 2.03 bits per heavy atom. The van der Waals surface area contributed by atoms with Gasteiger partial charge in [0, 0.05) is 23.7 Å². The van der Waals surface area contributed by atoms with Crippen molar-refractivity contribution in [3.05, 3.63) is 81.6 Å². The van der Waals surface area contributed by atoms with Crippen molar-refractivity contribution in [3.8, 4) is 11.3 Å². The minimum Gasteiger partial charge on any atom is -0.455 e. The van der Waals surface area contributed by atoms with Crippen LogP contribution >= 0.6 is 23.4 Å².